The molecule has 0 radical (unpaired) electrons. The molecule has 0 unspecified atom stereocenters. The van der Waals surface area contributed by atoms with E-state index in [4.69, 9.17) is 15.2 Å². The smallest absolute Gasteiger partial charge is 0.124 e. The summed E-state index contributed by atoms with van der Waals surface area (Å²) in [7, 11) is 0. The molecule has 2 aromatic rings. The summed E-state index contributed by atoms with van der Waals surface area (Å²) in [5, 5.41) is 0. The molecule has 0 fully saturated rings. The fraction of sp³-hybridized carbons (Fsp3) is 0.250. The molecule has 19 heavy (non-hydrogen) atoms. The zero-order valence-electron chi connectivity index (χ0n) is 11.3. The third-order valence-corrected chi connectivity index (χ3v) is 2.81. The second-order valence-corrected chi connectivity index (χ2v) is 4.54. The lowest BCUT2D eigenvalue weighted by Gasteiger charge is -2.11. The van der Waals surface area contributed by atoms with Crippen molar-refractivity contribution in [2.45, 2.75) is 13.8 Å². The number of hydrogen-bond acceptors (Lipinski definition) is 3. The summed E-state index contributed by atoms with van der Waals surface area (Å²) in [6, 6.07) is 13.6. The highest BCUT2D eigenvalue weighted by Gasteiger charge is 2.00. The zero-order valence-corrected chi connectivity index (χ0v) is 11.3. The van der Waals surface area contributed by atoms with Gasteiger partial charge in [-0.3, -0.25) is 0 Å². The number of anilines is 1. The molecule has 2 aromatic carbocycles. The molecule has 2 rings (SSSR count). The molecular formula is C16H19NO2. The van der Waals surface area contributed by atoms with Gasteiger partial charge in [-0.25, -0.2) is 0 Å². The Hall–Kier alpha value is -2.16. The van der Waals surface area contributed by atoms with Crippen LogP contribution in [-0.2, 0) is 0 Å². The van der Waals surface area contributed by atoms with Crippen molar-refractivity contribution in [3.8, 4) is 11.5 Å². The maximum Gasteiger partial charge on any atom is 0.124 e. The first-order valence-corrected chi connectivity index (χ1v) is 6.33. The van der Waals surface area contributed by atoms with Crippen molar-refractivity contribution in [2.24, 2.45) is 0 Å². The summed E-state index contributed by atoms with van der Waals surface area (Å²) < 4.78 is 11.3. The lowest BCUT2D eigenvalue weighted by molar-refractivity contribution is 0.216. The van der Waals surface area contributed by atoms with E-state index in [1.165, 1.54) is 5.56 Å². The van der Waals surface area contributed by atoms with Crippen LogP contribution in [0.25, 0.3) is 0 Å². The Morgan fingerprint density at radius 1 is 0.947 bits per heavy atom. The summed E-state index contributed by atoms with van der Waals surface area (Å²) in [5.41, 5.74) is 8.70. The van der Waals surface area contributed by atoms with Gasteiger partial charge in [0.15, 0.2) is 0 Å². The second kappa shape index (κ2) is 6.14. The fourth-order valence-corrected chi connectivity index (χ4v) is 1.79. The Labute approximate surface area is 114 Å². The van der Waals surface area contributed by atoms with E-state index in [-0.39, 0.29) is 0 Å². The molecule has 100 valence electrons. The minimum absolute atomic E-state index is 0.498. The maximum atomic E-state index is 5.73. The van der Waals surface area contributed by atoms with Crippen LogP contribution < -0.4 is 15.2 Å². The van der Waals surface area contributed by atoms with Crippen molar-refractivity contribution < 1.29 is 9.47 Å². The van der Waals surface area contributed by atoms with Crippen LogP contribution in [0, 0.1) is 13.8 Å². The third kappa shape index (κ3) is 3.91. The molecule has 0 amide bonds. The predicted molar refractivity (Wildman–Crippen MR) is 77.8 cm³/mol. The van der Waals surface area contributed by atoms with Crippen molar-refractivity contribution in [3.63, 3.8) is 0 Å². The van der Waals surface area contributed by atoms with Gasteiger partial charge in [0.25, 0.3) is 0 Å². The highest BCUT2D eigenvalue weighted by Crippen LogP contribution is 2.20. The number of nitrogens with two attached hydrogens (primary N) is 1. The lowest BCUT2D eigenvalue weighted by Crippen LogP contribution is -2.09. The van der Waals surface area contributed by atoms with E-state index >= 15 is 0 Å². The number of hydrogen-bond donors (Lipinski definition) is 1. The van der Waals surface area contributed by atoms with Crippen molar-refractivity contribution in [3.05, 3.63) is 53.6 Å². The van der Waals surface area contributed by atoms with E-state index in [9.17, 15) is 0 Å². The normalized spacial score (nSPS) is 10.2. The summed E-state index contributed by atoms with van der Waals surface area (Å²) in [6.07, 6.45) is 0. The van der Waals surface area contributed by atoms with Gasteiger partial charge in [-0.15, -0.1) is 0 Å². The van der Waals surface area contributed by atoms with Gasteiger partial charge < -0.3 is 15.2 Å². The molecule has 0 atom stereocenters. The number of nitrogen functional groups attached to an aromatic ring is 1. The van der Waals surface area contributed by atoms with Crippen LogP contribution in [0.2, 0.25) is 0 Å². The molecule has 3 nitrogen and oxygen atoms in total. The standard InChI is InChI=1S/C16H19NO2/c1-12-4-3-5-15(10-12)18-8-9-19-16-11-14(17)7-6-13(16)2/h3-7,10-11H,8-9,17H2,1-2H3. The van der Waals surface area contributed by atoms with Crippen LogP contribution in [0.3, 0.4) is 0 Å². The Balaban J connectivity index is 1.82. The van der Waals surface area contributed by atoms with Crippen LogP contribution in [0.1, 0.15) is 11.1 Å². The van der Waals surface area contributed by atoms with Crippen molar-refractivity contribution in [1.29, 1.82) is 0 Å². The van der Waals surface area contributed by atoms with Gasteiger partial charge in [0.2, 0.25) is 0 Å². The maximum absolute atomic E-state index is 5.73. The van der Waals surface area contributed by atoms with E-state index in [1.54, 1.807) is 0 Å². The average Bonchev–Trinajstić information content (AvgIpc) is 2.39. The quantitative estimate of drug-likeness (QED) is 0.660. The number of benzene rings is 2. The van der Waals surface area contributed by atoms with Crippen LogP contribution in [0.4, 0.5) is 5.69 Å². The Kier molecular flexibility index (Phi) is 4.29. The number of rotatable bonds is 5. The van der Waals surface area contributed by atoms with E-state index in [1.807, 2.05) is 56.3 Å². The molecule has 2 N–H and O–H groups in total. The SMILES string of the molecule is Cc1cccc(OCCOc2cc(N)ccc2C)c1. The van der Waals surface area contributed by atoms with Crippen LogP contribution in [0.15, 0.2) is 42.5 Å². The van der Waals surface area contributed by atoms with Crippen molar-refractivity contribution in [1.82, 2.24) is 0 Å². The van der Waals surface area contributed by atoms with E-state index in [2.05, 4.69) is 0 Å². The highest BCUT2D eigenvalue weighted by molar-refractivity contribution is 5.47. The van der Waals surface area contributed by atoms with Gasteiger partial charge in [0.05, 0.1) is 0 Å². The second-order valence-electron chi connectivity index (χ2n) is 4.54. The van der Waals surface area contributed by atoms with E-state index in [0.717, 1.165) is 17.1 Å². The number of ether oxygens (including phenoxy) is 2. The summed E-state index contributed by atoms with van der Waals surface area (Å²) in [4.78, 5) is 0. The average molecular weight is 257 g/mol. The van der Waals surface area contributed by atoms with Gasteiger partial charge in [-0.05, 0) is 43.2 Å². The summed E-state index contributed by atoms with van der Waals surface area (Å²) >= 11 is 0. The topological polar surface area (TPSA) is 44.5 Å². The van der Waals surface area contributed by atoms with Gasteiger partial charge in [0, 0.05) is 11.8 Å². The molecule has 0 saturated carbocycles. The molecule has 0 bridgehead atoms. The third-order valence-electron chi connectivity index (χ3n) is 2.81. The van der Waals surface area contributed by atoms with Gasteiger partial charge in [-0.2, -0.15) is 0 Å². The molecule has 0 spiro atoms. The molecule has 0 aliphatic rings. The molecule has 0 aromatic heterocycles. The molecular weight excluding hydrogens is 238 g/mol. The first kappa shape index (κ1) is 13.3. The van der Waals surface area contributed by atoms with Crippen LogP contribution >= 0.6 is 0 Å². The first-order valence-electron chi connectivity index (χ1n) is 6.33. The minimum Gasteiger partial charge on any atom is -0.490 e. The van der Waals surface area contributed by atoms with E-state index < -0.39 is 0 Å². The Morgan fingerprint density at radius 2 is 1.74 bits per heavy atom. The molecule has 0 aliphatic heterocycles. The fourth-order valence-electron chi connectivity index (χ4n) is 1.79. The van der Waals surface area contributed by atoms with Crippen LogP contribution in [0.5, 0.6) is 11.5 Å². The highest BCUT2D eigenvalue weighted by atomic mass is 16.5. The van der Waals surface area contributed by atoms with Gasteiger partial charge in [0.1, 0.15) is 24.7 Å². The van der Waals surface area contributed by atoms with Crippen LogP contribution in [-0.4, -0.2) is 13.2 Å². The van der Waals surface area contributed by atoms with Crippen molar-refractivity contribution >= 4 is 5.69 Å². The first-order chi connectivity index (χ1) is 9.15. The Bertz CT molecular complexity index is 552. The lowest BCUT2D eigenvalue weighted by atomic mass is 10.2. The molecule has 0 heterocycles. The van der Waals surface area contributed by atoms with E-state index in [0.29, 0.717) is 18.9 Å². The summed E-state index contributed by atoms with van der Waals surface area (Å²) in [5.74, 6) is 1.68. The summed E-state index contributed by atoms with van der Waals surface area (Å²) in [6.45, 7) is 5.05. The zero-order chi connectivity index (χ0) is 13.7. The minimum atomic E-state index is 0.498. The molecule has 0 aliphatic carbocycles. The monoisotopic (exact) mass is 257 g/mol. The van der Waals surface area contributed by atoms with Gasteiger partial charge in [-0.1, -0.05) is 18.2 Å². The largest absolute Gasteiger partial charge is 0.490 e. The number of aryl methyl sites for hydroxylation is 2. The van der Waals surface area contributed by atoms with Gasteiger partial charge >= 0.3 is 0 Å². The van der Waals surface area contributed by atoms with Crippen molar-refractivity contribution in [2.75, 3.05) is 18.9 Å². The molecule has 0 saturated heterocycles. The molecule has 3 heteroatoms. The predicted octanol–water partition coefficient (Wildman–Crippen LogP) is 3.34. The Morgan fingerprint density at radius 3 is 2.53 bits per heavy atom.